The van der Waals surface area contributed by atoms with E-state index in [4.69, 9.17) is 0 Å². The number of thioether (sulfide) groups is 1. The quantitative estimate of drug-likeness (QED) is 0.831. The number of hydrogen-bond donors (Lipinski definition) is 2. The molecule has 2 aromatic rings. The number of thiazole rings is 1. The van der Waals surface area contributed by atoms with Crippen LogP contribution in [0.4, 0.5) is 0 Å². The molecule has 4 nitrogen and oxygen atoms in total. The molecule has 1 aromatic carbocycles. The molecule has 0 spiro atoms. The second-order valence-corrected chi connectivity index (χ2v) is 7.51. The number of carbonyl (C=O) groups is 1. The molecule has 1 aliphatic rings. The van der Waals surface area contributed by atoms with Crippen LogP contribution in [0.15, 0.2) is 28.6 Å². The summed E-state index contributed by atoms with van der Waals surface area (Å²) in [6.07, 6.45) is 2.42. The number of rotatable bonds is 5. The van der Waals surface area contributed by atoms with Crippen molar-refractivity contribution >= 4 is 39.2 Å². The topological polar surface area (TPSA) is 54.0 Å². The Hall–Kier alpha value is -1.11. The third-order valence-corrected chi connectivity index (χ3v) is 5.77. The summed E-state index contributed by atoms with van der Waals surface area (Å²) in [6, 6.07) is 8.07. The fraction of sp³-hybridized carbons (Fsp3) is 0.467. The van der Waals surface area contributed by atoms with Crippen LogP contribution in [0.5, 0.6) is 0 Å². The Morgan fingerprint density at radius 1 is 1.48 bits per heavy atom. The van der Waals surface area contributed by atoms with Crippen LogP contribution in [-0.4, -0.2) is 36.3 Å². The summed E-state index contributed by atoms with van der Waals surface area (Å²) in [4.78, 5) is 16.4. The van der Waals surface area contributed by atoms with E-state index in [-0.39, 0.29) is 5.91 Å². The number of aromatic nitrogens is 1. The number of para-hydroxylation sites is 1. The minimum Gasteiger partial charge on any atom is -0.355 e. The van der Waals surface area contributed by atoms with Gasteiger partial charge in [-0.3, -0.25) is 4.79 Å². The third kappa shape index (κ3) is 4.18. The molecule has 0 bridgehead atoms. The first-order valence-corrected chi connectivity index (χ1v) is 9.07. The zero-order chi connectivity index (χ0) is 14.5. The lowest BCUT2D eigenvalue weighted by atomic mass is 10.00. The van der Waals surface area contributed by atoms with Crippen LogP contribution in [0, 0.1) is 5.92 Å². The van der Waals surface area contributed by atoms with Crippen LogP contribution in [0.2, 0.25) is 0 Å². The second-order valence-electron chi connectivity index (χ2n) is 5.25. The van der Waals surface area contributed by atoms with E-state index < -0.39 is 0 Å². The number of carbonyl (C=O) groups excluding carboxylic acids is 1. The number of nitrogens with one attached hydrogen (secondary N) is 2. The normalized spacial score (nSPS) is 18.8. The minimum absolute atomic E-state index is 0.102. The molecule has 0 aliphatic carbocycles. The molecule has 21 heavy (non-hydrogen) atoms. The first-order valence-electron chi connectivity index (χ1n) is 7.27. The van der Waals surface area contributed by atoms with Crippen molar-refractivity contribution in [2.75, 3.05) is 25.4 Å². The molecule has 1 saturated heterocycles. The molecule has 1 unspecified atom stereocenters. The summed E-state index contributed by atoms with van der Waals surface area (Å²) in [6.45, 7) is 2.91. The Bertz CT molecular complexity index is 575. The molecule has 112 valence electrons. The molecule has 1 aliphatic heterocycles. The molecule has 0 saturated carbocycles. The van der Waals surface area contributed by atoms with Gasteiger partial charge < -0.3 is 10.6 Å². The Kier molecular flexibility index (Phi) is 5.11. The van der Waals surface area contributed by atoms with Crippen molar-refractivity contribution in [1.82, 2.24) is 15.6 Å². The SMILES string of the molecule is O=C(CSc1nc2ccccc2s1)NCC1CCCNC1. The summed E-state index contributed by atoms with van der Waals surface area (Å²) in [5, 5.41) is 6.40. The van der Waals surface area contributed by atoms with Gasteiger partial charge in [0.2, 0.25) is 5.91 Å². The second kappa shape index (κ2) is 7.24. The maximum absolute atomic E-state index is 11.9. The zero-order valence-corrected chi connectivity index (χ0v) is 13.4. The number of piperidine rings is 1. The van der Waals surface area contributed by atoms with Gasteiger partial charge in [-0.25, -0.2) is 4.98 Å². The summed E-state index contributed by atoms with van der Waals surface area (Å²) < 4.78 is 2.14. The first kappa shape index (κ1) is 14.8. The first-order chi connectivity index (χ1) is 10.3. The van der Waals surface area contributed by atoms with E-state index in [2.05, 4.69) is 21.7 Å². The maximum Gasteiger partial charge on any atom is 0.230 e. The van der Waals surface area contributed by atoms with Crippen LogP contribution >= 0.6 is 23.1 Å². The molecule has 3 rings (SSSR count). The summed E-state index contributed by atoms with van der Waals surface area (Å²) in [5.41, 5.74) is 1.01. The van der Waals surface area contributed by atoms with E-state index in [0.29, 0.717) is 11.7 Å². The molecule has 2 heterocycles. The van der Waals surface area contributed by atoms with Gasteiger partial charge in [-0.15, -0.1) is 11.3 Å². The standard InChI is InChI=1S/C15H19N3OS2/c19-14(17-9-11-4-3-7-16-8-11)10-20-15-18-12-5-1-2-6-13(12)21-15/h1-2,5-6,11,16H,3-4,7-10H2,(H,17,19). The average molecular weight is 321 g/mol. The molecule has 1 atom stereocenters. The summed E-state index contributed by atoms with van der Waals surface area (Å²) in [5.74, 6) is 1.12. The van der Waals surface area contributed by atoms with E-state index in [1.807, 2.05) is 18.2 Å². The van der Waals surface area contributed by atoms with E-state index in [9.17, 15) is 4.79 Å². The Balaban J connectivity index is 1.44. The van der Waals surface area contributed by atoms with Gasteiger partial charge in [0.25, 0.3) is 0 Å². The largest absolute Gasteiger partial charge is 0.355 e. The highest BCUT2D eigenvalue weighted by Crippen LogP contribution is 2.28. The fourth-order valence-electron chi connectivity index (χ4n) is 2.45. The van der Waals surface area contributed by atoms with Crippen molar-refractivity contribution in [3.05, 3.63) is 24.3 Å². The summed E-state index contributed by atoms with van der Waals surface area (Å²) in [7, 11) is 0. The van der Waals surface area contributed by atoms with Gasteiger partial charge in [0, 0.05) is 6.54 Å². The molecule has 1 amide bonds. The lowest BCUT2D eigenvalue weighted by Gasteiger charge is -2.22. The monoisotopic (exact) mass is 321 g/mol. The van der Waals surface area contributed by atoms with Crippen LogP contribution < -0.4 is 10.6 Å². The van der Waals surface area contributed by atoms with E-state index in [1.54, 1.807) is 11.3 Å². The summed E-state index contributed by atoms with van der Waals surface area (Å²) >= 11 is 3.17. The molecule has 1 fully saturated rings. The number of benzene rings is 1. The van der Waals surface area contributed by atoms with Crippen molar-refractivity contribution in [3.63, 3.8) is 0 Å². The van der Waals surface area contributed by atoms with Gasteiger partial charge in [-0.1, -0.05) is 23.9 Å². The van der Waals surface area contributed by atoms with E-state index in [0.717, 1.165) is 29.5 Å². The minimum atomic E-state index is 0.102. The van der Waals surface area contributed by atoms with Crippen LogP contribution in [-0.2, 0) is 4.79 Å². The van der Waals surface area contributed by atoms with E-state index >= 15 is 0 Å². The zero-order valence-electron chi connectivity index (χ0n) is 11.8. The number of amides is 1. The van der Waals surface area contributed by atoms with Crippen LogP contribution in [0.1, 0.15) is 12.8 Å². The number of fused-ring (bicyclic) bond motifs is 1. The predicted octanol–water partition coefficient (Wildman–Crippen LogP) is 2.50. The highest BCUT2D eigenvalue weighted by molar-refractivity contribution is 8.01. The van der Waals surface area contributed by atoms with Gasteiger partial charge in [-0.05, 0) is 44.0 Å². The lowest BCUT2D eigenvalue weighted by molar-refractivity contribution is -0.118. The van der Waals surface area contributed by atoms with Gasteiger partial charge >= 0.3 is 0 Å². The average Bonchev–Trinajstić information content (AvgIpc) is 2.95. The molecule has 0 radical (unpaired) electrons. The van der Waals surface area contributed by atoms with Gasteiger partial charge in [0.15, 0.2) is 4.34 Å². The van der Waals surface area contributed by atoms with Gasteiger partial charge in [0.05, 0.1) is 16.0 Å². The van der Waals surface area contributed by atoms with Crippen molar-refractivity contribution in [3.8, 4) is 0 Å². The maximum atomic E-state index is 11.9. The van der Waals surface area contributed by atoms with Crippen molar-refractivity contribution < 1.29 is 4.79 Å². The van der Waals surface area contributed by atoms with Crippen molar-refractivity contribution in [2.45, 2.75) is 17.2 Å². The van der Waals surface area contributed by atoms with Crippen molar-refractivity contribution in [1.29, 1.82) is 0 Å². The number of hydrogen-bond acceptors (Lipinski definition) is 5. The Morgan fingerprint density at radius 3 is 3.19 bits per heavy atom. The smallest absolute Gasteiger partial charge is 0.230 e. The van der Waals surface area contributed by atoms with Gasteiger partial charge in [-0.2, -0.15) is 0 Å². The molecular weight excluding hydrogens is 302 g/mol. The predicted molar refractivity (Wildman–Crippen MR) is 88.9 cm³/mol. The third-order valence-electron chi connectivity index (χ3n) is 3.59. The van der Waals surface area contributed by atoms with Crippen molar-refractivity contribution in [2.24, 2.45) is 5.92 Å². The molecule has 6 heteroatoms. The molecular formula is C15H19N3OS2. The van der Waals surface area contributed by atoms with Gasteiger partial charge in [0.1, 0.15) is 0 Å². The lowest BCUT2D eigenvalue weighted by Crippen LogP contribution is -2.38. The van der Waals surface area contributed by atoms with Crippen LogP contribution in [0.3, 0.4) is 0 Å². The van der Waals surface area contributed by atoms with E-state index in [1.165, 1.54) is 29.3 Å². The highest BCUT2D eigenvalue weighted by atomic mass is 32.2. The molecule has 2 N–H and O–H groups in total. The Labute approximate surface area is 132 Å². The fourth-order valence-corrected chi connectivity index (χ4v) is 4.35. The Morgan fingerprint density at radius 2 is 2.38 bits per heavy atom. The highest BCUT2D eigenvalue weighted by Gasteiger charge is 2.14. The number of nitrogens with zero attached hydrogens (tertiary/aromatic N) is 1. The van der Waals surface area contributed by atoms with Crippen LogP contribution in [0.25, 0.3) is 10.2 Å². The molecule has 1 aromatic heterocycles.